The number of halogens is 1. The third-order valence-corrected chi connectivity index (χ3v) is 4.92. The van der Waals surface area contributed by atoms with Crippen molar-refractivity contribution in [1.29, 1.82) is 0 Å². The lowest BCUT2D eigenvalue weighted by molar-refractivity contribution is 1.20. The summed E-state index contributed by atoms with van der Waals surface area (Å²) in [6.45, 7) is 4.09. The summed E-state index contributed by atoms with van der Waals surface area (Å²) in [7, 11) is 0. The molecule has 1 aromatic heterocycles. The van der Waals surface area contributed by atoms with Crippen molar-refractivity contribution >= 4 is 48.3 Å². The van der Waals surface area contributed by atoms with E-state index in [4.69, 9.17) is 0 Å². The summed E-state index contributed by atoms with van der Waals surface area (Å²) in [5.74, 6) is 0. The average molecular weight is 374 g/mol. The quantitative estimate of drug-likeness (QED) is 0.454. The number of aromatic nitrogens is 1. The molecule has 0 unspecified atom stereocenters. The minimum atomic E-state index is 0.814. The van der Waals surface area contributed by atoms with Gasteiger partial charge in [-0.05, 0) is 52.5 Å². The zero-order valence-electron chi connectivity index (χ0n) is 12.4. The molecular weight excluding hydrogens is 358 g/mol. The molecule has 112 valence electrons. The van der Waals surface area contributed by atoms with E-state index in [1.165, 1.54) is 11.1 Å². The third kappa shape index (κ3) is 3.20. The number of nitrogens with one attached hydrogen (secondary N) is 1. The van der Waals surface area contributed by atoms with Gasteiger partial charge in [-0.2, -0.15) is 5.10 Å². The van der Waals surface area contributed by atoms with Crippen LogP contribution >= 0.6 is 27.3 Å². The second-order valence-electron chi connectivity index (χ2n) is 5.00. The number of anilines is 1. The Morgan fingerprint density at radius 1 is 1.23 bits per heavy atom. The van der Waals surface area contributed by atoms with E-state index in [2.05, 4.69) is 74.8 Å². The molecule has 0 saturated heterocycles. The minimum Gasteiger partial charge on any atom is -0.253 e. The van der Waals surface area contributed by atoms with Crippen LogP contribution in [0.5, 0.6) is 0 Å². The van der Waals surface area contributed by atoms with Crippen LogP contribution in [0.15, 0.2) is 52.0 Å². The molecule has 22 heavy (non-hydrogen) atoms. The zero-order chi connectivity index (χ0) is 15.5. The third-order valence-electron chi connectivity index (χ3n) is 3.41. The Hall–Kier alpha value is -1.72. The van der Waals surface area contributed by atoms with E-state index in [0.717, 1.165) is 32.0 Å². The Morgan fingerprint density at radius 3 is 2.73 bits per heavy atom. The number of benzene rings is 2. The molecule has 0 amide bonds. The molecule has 0 saturated carbocycles. The van der Waals surface area contributed by atoms with Gasteiger partial charge >= 0.3 is 0 Å². The molecule has 3 nitrogen and oxygen atoms in total. The first kappa shape index (κ1) is 15.2. The fourth-order valence-electron chi connectivity index (χ4n) is 2.06. The van der Waals surface area contributed by atoms with E-state index in [1.54, 1.807) is 11.3 Å². The van der Waals surface area contributed by atoms with Crippen molar-refractivity contribution in [2.24, 2.45) is 5.10 Å². The smallest absolute Gasteiger partial charge is 0.204 e. The normalized spacial score (nSPS) is 11.9. The van der Waals surface area contributed by atoms with Gasteiger partial charge in [0.2, 0.25) is 5.13 Å². The maximum Gasteiger partial charge on any atom is 0.204 e. The summed E-state index contributed by atoms with van der Waals surface area (Å²) in [4.78, 5) is 4.61. The van der Waals surface area contributed by atoms with Crippen LogP contribution in [0.1, 0.15) is 20.3 Å². The molecule has 0 spiro atoms. The lowest BCUT2D eigenvalue weighted by atomic mass is 10.1. The van der Waals surface area contributed by atoms with Gasteiger partial charge in [-0.3, -0.25) is 5.43 Å². The first-order valence-electron chi connectivity index (χ1n) is 7.12. The molecule has 0 atom stereocenters. The molecule has 0 bridgehead atoms. The predicted molar refractivity (Wildman–Crippen MR) is 99.8 cm³/mol. The second-order valence-corrected chi connectivity index (χ2v) is 6.89. The number of fused-ring (bicyclic) bond motifs is 1. The van der Waals surface area contributed by atoms with Crippen molar-refractivity contribution in [2.45, 2.75) is 20.3 Å². The fourth-order valence-corrected chi connectivity index (χ4v) is 3.61. The maximum absolute atomic E-state index is 4.61. The minimum absolute atomic E-state index is 0.814. The maximum atomic E-state index is 4.61. The summed E-state index contributed by atoms with van der Waals surface area (Å²) in [6.07, 6.45) is 0.930. The van der Waals surface area contributed by atoms with E-state index in [9.17, 15) is 0 Å². The number of hydrazone groups is 1. The lowest BCUT2D eigenvalue weighted by Gasteiger charge is -2.02. The highest BCUT2D eigenvalue weighted by molar-refractivity contribution is 9.10. The van der Waals surface area contributed by atoms with E-state index >= 15 is 0 Å². The molecule has 0 fully saturated rings. The lowest BCUT2D eigenvalue weighted by Crippen LogP contribution is -1.94. The van der Waals surface area contributed by atoms with Crippen LogP contribution < -0.4 is 5.43 Å². The first-order valence-corrected chi connectivity index (χ1v) is 8.73. The van der Waals surface area contributed by atoms with Gasteiger partial charge in [-0.15, -0.1) is 0 Å². The number of hydrogen-bond donors (Lipinski definition) is 1. The van der Waals surface area contributed by atoms with Gasteiger partial charge in [-0.1, -0.05) is 48.6 Å². The van der Waals surface area contributed by atoms with Gasteiger partial charge in [0.15, 0.2) is 0 Å². The van der Waals surface area contributed by atoms with Gasteiger partial charge in [0, 0.05) is 10.2 Å². The Morgan fingerprint density at radius 2 is 2.00 bits per heavy atom. The van der Waals surface area contributed by atoms with Crippen molar-refractivity contribution in [3.8, 4) is 11.1 Å². The van der Waals surface area contributed by atoms with Gasteiger partial charge in [-0.25, -0.2) is 4.98 Å². The monoisotopic (exact) mass is 373 g/mol. The molecule has 3 rings (SSSR count). The van der Waals surface area contributed by atoms with Crippen LogP contribution in [0.2, 0.25) is 0 Å². The molecule has 1 heterocycles. The largest absolute Gasteiger partial charge is 0.253 e. The van der Waals surface area contributed by atoms with Crippen LogP contribution in [-0.4, -0.2) is 10.7 Å². The fraction of sp³-hybridized carbons (Fsp3) is 0.176. The summed E-state index contributed by atoms with van der Waals surface area (Å²) < 4.78 is 2.14. The van der Waals surface area contributed by atoms with E-state index in [0.29, 0.717) is 0 Å². The van der Waals surface area contributed by atoms with Crippen LogP contribution in [0.25, 0.3) is 21.3 Å². The Balaban J connectivity index is 2.00. The van der Waals surface area contributed by atoms with Crippen LogP contribution in [0.4, 0.5) is 5.13 Å². The highest BCUT2D eigenvalue weighted by Crippen LogP contribution is 2.35. The first-order chi connectivity index (χ1) is 10.7. The molecular formula is C17H16BrN3S. The Labute approximate surface area is 142 Å². The molecule has 3 aromatic rings. The number of rotatable bonds is 4. The number of thiazole rings is 1. The molecule has 0 aliphatic carbocycles. The van der Waals surface area contributed by atoms with Crippen molar-refractivity contribution < 1.29 is 0 Å². The van der Waals surface area contributed by atoms with Gasteiger partial charge < -0.3 is 0 Å². The van der Waals surface area contributed by atoms with Gasteiger partial charge in [0.05, 0.1) is 10.2 Å². The highest BCUT2D eigenvalue weighted by Gasteiger charge is 2.09. The van der Waals surface area contributed by atoms with Crippen LogP contribution in [0, 0.1) is 0 Å². The molecule has 1 N–H and O–H groups in total. The van der Waals surface area contributed by atoms with Crippen molar-refractivity contribution in [3.05, 3.63) is 46.9 Å². The van der Waals surface area contributed by atoms with E-state index < -0.39 is 0 Å². The Bertz CT molecular complexity index is 825. The average Bonchev–Trinajstić information content (AvgIpc) is 2.97. The summed E-state index contributed by atoms with van der Waals surface area (Å²) in [5, 5.41) is 5.13. The second kappa shape index (κ2) is 6.58. The van der Waals surface area contributed by atoms with Crippen LogP contribution in [0.3, 0.4) is 0 Å². The van der Waals surface area contributed by atoms with Gasteiger partial charge in [0.25, 0.3) is 0 Å². The van der Waals surface area contributed by atoms with Crippen LogP contribution in [-0.2, 0) is 0 Å². The van der Waals surface area contributed by atoms with E-state index in [1.807, 2.05) is 13.0 Å². The standard InChI is InChI=1S/C17H16BrN3S/c1-3-11(2)20-21-17-19-16-14(18)9-13(10-15(16)22-17)12-7-5-4-6-8-12/h4-10H,3H2,1-2H3,(H,19,21)/b20-11+. The molecule has 0 radical (unpaired) electrons. The molecule has 0 aliphatic heterocycles. The summed E-state index contributed by atoms with van der Waals surface area (Å²) in [6, 6.07) is 14.6. The number of nitrogens with zero attached hydrogens (tertiary/aromatic N) is 2. The van der Waals surface area contributed by atoms with E-state index in [-0.39, 0.29) is 0 Å². The van der Waals surface area contributed by atoms with Gasteiger partial charge in [0.1, 0.15) is 0 Å². The summed E-state index contributed by atoms with van der Waals surface area (Å²) in [5.41, 5.74) is 7.46. The predicted octanol–water partition coefficient (Wildman–Crippen LogP) is 5.92. The van der Waals surface area contributed by atoms with Crippen molar-refractivity contribution in [2.75, 3.05) is 5.43 Å². The molecule has 2 aromatic carbocycles. The SMILES string of the molecule is CC/C(C)=N/Nc1nc2c(Br)cc(-c3ccccc3)cc2s1. The molecule has 5 heteroatoms. The summed E-state index contributed by atoms with van der Waals surface area (Å²) >= 11 is 5.25. The number of hydrogen-bond acceptors (Lipinski definition) is 4. The Kier molecular flexibility index (Phi) is 4.55. The zero-order valence-corrected chi connectivity index (χ0v) is 14.8. The highest BCUT2D eigenvalue weighted by atomic mass is 79.9. The topological polar surface area (TPSA) is 37.3 Å². The molecule has 0 aliphatic rings. The van der Waals surface area contributed by atoms with Crippen molar-refractivity contribution in [3.63, 3.8) is 0 Å². The van der Waals surface area contributed by atoms with Crippen molar-refractivity contribution in [1.82, 2.24) is 4.98 Å².